The Morgan fingerprint density at radius 3 is 2.60 bits per heavy atom. The van der Waals surface area contributed by atoms with Gasteiger partial charge in [-0.05, 0) is 30.5 Å². The quantitative estimate of drug-likeness (QED) is 0.864. The van der Waals surface area contributed by atoms with Crippen LogP contribution in [0.4, 0.5) is 0 Å². The Morgan fingerprint density at radius 2 is 2.00 bits per heavy atom. The first-order valence-electron chi connectivity index (χ1n) is 12.3. The second-order valence-electron chi connectivity index (χ2n) is 5.29. The monoisotopic (exact) mass is 289 g/mol. The summed E-state index contributed by atoms with van der Waals surface area (Å²) >= 11 is 0. The summed E-state index contributed by atoms with van der Waals surface area (Å²) in [4.78, 5) is -1.24. The molecular weight excluding hydrogens is 250 g/mol. The molecule has 0 bridgehead atoms. The maximum atomic E-state index is 11.4. The zero-order valence-corrected chi connectivity index (χ0v) is 11.3. The van der Waals surface area contributed by atoms with Crippen molar-refractivity contribution in [3.8, 4) is 5.75 Å². The van der Waals surface area contributed by atoms with Gasteiger partial charge in [0.1, 0.15) is 5.75 Å². The van der Waals surface area contributed by atoms with Crippen LogP contribution in [-0.2, 0) is 0 Å². The van der Waals surface area contributed by atoms with Crippen LogP contribution in [0.5, 0.6) is 5.75 Å². The van der Waals surface area contributed by atoms with Gasteiger partial charge in [0.15, 0.2) is 0 Å². The third kappa shape index (κ3) is 3.53. The van der Waals surface area contributed by atoms with E-state index in [1.807, 2.05) is 0 Å². The van der Waals surface area contributed by atoms with Crippen molar-refractivity contribution >= 4 is 0 Å². The number of ether oxygens (including phenoxy) is 1. The summed E-state index contributed by atoms with van der Waals surface area (Å²) in [6, 6.07) is 5.24. The minimum absolute atomic E-state index is 0.0189. The normalized spacial score (nSPS) is 30.6. The van der Waals surface area contributed by atoms with E-state index in [1.165, 1.54) is 24.3 Å². The molecule has 1 aliphatic rings. The van der Waals surface area contributed by atoms with Gasteiger partial charge in [-0.3, -0.25) is 0 Å². The van der Waals surface area contributed by atoms with E-state index in [1.54, 1.807) is 0 Å². The lowest BCUT2D eigenvalue weighted by molar-refractivity contribution is -0.860. The molecule has 0 amide bonds. The standard InChI is InChI=1S/C17H27NO2/c1-18(2)13-16(17(19)11-5-4-6-12-17)14-7-9-15(20-3)10-8-14/h7-10,16,19H,4-6,11-13H2,1-3H3/p+1/i1D3,2D3,3D3,13D2. The van der Waals surface area contributed by atoms with Crippen molar-refractivity contribution in [1.29, 1.82) is 0 Å². The van der Waals surface area contributed by atoms with Gasteiger partial charge in [-0.2, -0.15) is 0 Å². The molecule has 1 saturated carbocycles. The summed E-state index contributed by atoms with van der Waals surface area (Å²) in [5.74, 6) is -1.51. The lowest BCUT2D eigenvalue weighted by Crippen LogP contribution is -3.06. The fraction of sp³-hybridized carbons (Fsp3) is 0.647. The predicted molar refractivity (Wildman–Crippen MR) is 81.4 cm³/mol. The van der Waals surface area contributed by atoms with Gasteiger partial charge in [-0.15, -0.1) is 0 Å². The zero-order chi connectivity index (χ0) is 23.9. The molecule has 1 atom stereocenters. The molecule has 0 saturated heterocycles. The summed E-state index contributed by atoms with van der Waals surface area (Å²) in [6.07, 6.45) is 2.35. The van der Waals surface area contributed by atoms with Crippen LogP contribution in [0.3, 0.4) is 0 Å². The van der Waals surface area contributed by atoms with Gasteiger partial charge in [0, 0.05) is 0 Å². The minimum atomic E-state index is -3.22. The lowest BCUT2D eigenvalue weighted by Gasteiger charge is -2.39. The largest absolute Gasteiger partial charge is 0.497 e. The van der Waals surface area contributed by atoms with Crippen LogP contribution in [0, 0.1) is 0 Å². The van der Waals surface area contributed by atoms with E-state index in [0.29, 0.717) is 12.8 Å². The van der Waals surface area contributed by atoms with Crippen LogP contribution >= 0.6 is 0 Å². The van der Waals surface area contributed by atoms with Crippen LogP contribution in [0.1, 0.15) is 58.7 Å². The van der Waals surface area contributed by atoms with E-state index in [4.69, 9.17) is 19.8 Å². The molecule has 0 spiro atoms. The number of likely N-dealkylation sites (N-methyl/N-ethyl adjacent to an activating group) is 1. The van der Waals surface area contributed by atoms with Crippen molar-refractivity contribution in [3.63, 3.8) is 0 Å². The Hall–Kier alpha value is -1.06. The molecule has 112 valence electrons. The van der Waals surface area contributed by atoms with Crippen molar-refractivity contribution in [3.05, 3.63) is 29.8 Å². The van der Waals surface area contributed by atoms with E-state index in [2.05, 4.69) is 0 Å². The molecule has 1 aromatic carbocycles. The van der Waals surface area contributed by atoms with Crippen molar-refractivity contribution < 1.29 is 29.8 Å². The average molecular weight is 289 g/mol. The number of methoxy groups -OCH3 is 1. The summed E-state index contributed by atoms with van der Waals surface area (Å²) in [7, 11) is -2.69. The fourth-order valence-electron chi connectivity index (χ4n) is 2.85. The Morgan fingerprint density at radius 1 is 1.30 bits per heavy atom. The minimum Gasteiger partial charge on any atom is -0.497 e. The molecular formula is C17H28NO2+. The van der Waals surface area contributed by atoms with Crippen LogP contribution < -0.4 is 9.64 Å². The van der Waals surface area contributed by atoms with Crippen LogP contribution in [0.25, 0.3) is 0 Å². The highest BCUT2D eigenvalue weighted by molar-refractivity contribution is 5.31. The van der Waals surface area contributed by atoms with Crippen molar-refractivity contribution in [2.75, 3.05) is 27.5 Å². The highest BCUT2D eigenvalue weighted by atomic mass is 16.5. The lowest BCUT2D eigenvalue weighted by atomic mass is 9.72. The predicted octanol–water partition coefficient (Wildman–Crippen LogP) is 1.62. The Bertz CT molecular complexity index is 720. The molecule has 0 radical (unpaired) electrons. The van der Waals surface area contributed by atoms with Crippen LogP contribution in [0.2, 0.25) is 0 Å². The third-order valence-electron chi connectivity index (χ3n) is 3.88. The molecule has 1 fully saturated rings. The number of nitrogens with one attached hydrogen (secondary N) is 1. The van der Waals surface area contributed by atoms with Crippen molar-refractivity contribution in [1.82, 2.24) is 0 Å². The highest BCUT2D eigenvalue weighted by Crippen LogP contribution is 2.39. The van der Waals surface area contributed by atoms with E-state index in [0.717, 1.165) is 6.42 Å². The van der Waals surface area contributed by atoms with E-state index in [-0.39, 0.29) is 24.2 Å². The van der Waals surface area contributed by atoms with Gasteiger partial charge in [0.05, 0.1) is 54.1 Å². The molecule has 3 nitrogen and oxygen atoms in total. The van der Waals surface area contributed by atoms with Gasteiger partial charge in [0.25, 0.3) is 0 Å². The number of quaternary nitrogens is 1. The maximum absolute atomic E-state index is 11.4. The molecule has 1 aromatic rings. The van der Waals surface area contributed by atoms with E-state index in [9.17, 15) is 5.11 Å². The van der Waals surface area contributed by atoms with Gasteiger partial charge in [-0.25, -0.2) is 0 Å². The zero-order valence-electron chi connectivity index (χ0n) is 22.3. The summed E-state index contributed by atoms with van der Waals surface area (Å²) in [6.45, 7) is -9.35. The van der Waals surface area contributed by atoms with Gasteiger partial charge < -0.3 is 14.7 Å². The smallest absolute Gasteiger partial charge is 0.118 e. The summed E-state index contributed by atoms with van der Waals surface area (Å²) in [5, 5.41) is 11.4. The topological polar surface area (TPSA) is 33.9 Å². The first-order chi connectivity index (χ1) is 13.9. The van der Waals surface area contributed by atoms with Gasteiger partial charge in [-0.1, -0.05) is 31.4 Å². The van der Waals surface area contributed by atoms with E-state index < -0.39 is 43.9 Å². The van der Waals surface area contributed by atoms with Crippen LogP contribution in [-0.4, -0.2) is 38.2 Å². The van der Waals surface area contributed by atoms with E-state index >= 15 is 0 Å². The molecule has 1 unspecified atom stereocenters. The molecule has 0 aromatic heterocycles. The van der Waals surface area contributed by atoms with Crippen LogP contribution in [0.15, 0.2) is 24.3 Å². The summed E-state index contributed by atoms with van der Waals surface area (Å²) < 4.78 is 89.9. The second kappa shape index (κ2) is 6.59. The number of hydrogen-bond donors (Lipinski definition) is 2. The Balaban J connectivity index is 2.60. The SMILES string of the molecule is [2H]C([2H])([2H])Oc1ccc(C(C2(O)CCCCC2)C([2H])([2H])[NH+](C([2H])([2H])[2H])C([2H])([2H])[2H])cc1. The molecule has 20 heavy (non-hydrogen) atoms. The Kier molecular flexibility index (Phi) is 2.10. The highest BCUT2D eigenvalue weighted by Gasteiger charge is 2.40. The van der Waals surface area contributed by atoms with Crippen molar-refractivity contribution in [2.24, 2.45) is 0 Å². The first kappa shape index (κ1) is 6.37. The van der Waals surface area contributed by atoms with Gasteiger partial charge >= 0.3 is 0 Å². The number of aliphatic hydroxyl groups is 1. The average Bonchev–Trinajstić information content (AvgIpc) is 2.52. The second-order valence-corrected chi connectivity index (χ2v) is 5.29. The first-order valence-corrected chi connectivity index (χ1v) is 6.78. The molecule has 0 heterocycles. The summed E-state index contributed by atoms with van der Waals surface area (Å²) in [5.41, 5.74) is -1.51. The van der Waals surface area contributed by atoms with Crippen molar-refractivity contribution in [2.45, 2.75) is 43.6 Å². The maximum Gasteiger partial charge on any atom is 0.118 e. The molecule has 0 aliphatic heterocycles. The van der Waals surface area contributed by atoms with Gasteiger partial charge in [0.2, 0.25) is 0 Å². The molecule has 2 N–H and O–H groups in total. The fourth-order valence-corrected chi connectivity index (χ4v) is 2.85. The molecule has 3 heteroatoms. The number of benzene rings is 1. The number of rotatable bonds is 5. The number of hydrogen-bond acceptors (Lipinski definition) is 2. The Labute approximate surface area is 138 Å². The third-order valence-corrected chi connectivity index (χ3v) is 3.88. The molecule has 2 rings (SSSR count). The molecule has 1 aliphatic carbocycles.